The molecule has 2 heterocycles. The Balaban J connectivity index is 2.59. The van der Waals surface area contributed by atoms with Crippen molar-refractivity contribution in [3.05, 3.63) is 38.8 Å². The van der Waals surface area contributed by atoms with Gasteiger partial charge in [0, 0.05) is 5.56 Å². The van der Waals surface area contributed by atoms with Gasteiger partial charge in [0.05, 0.1) is 6.07 Å². The minimum absolute atomic E-state index is 0.190. The van der Waals surface area contributed by atoms with Crippen molar-refractivity contribution in [3.8, 4) is 11.1 Å². The van der Waals surface area contributed by atoms with Crippen molar-refractivity contribution in [2.75, 3.05) is 0 Å². The molecule has 0 unspecified atom stereocenters. The van der Waals surface area contributed by atoms with Gasteiger partial charge in [-0.1, -0.05) is 0 Å². The van der Waals surface area contributed by atoms with E-state index >= 15 is 0 Å². The van der Waals surface area contributed by atoms with Crippen molar-refractivity contribution in [2.24, 2.45) is 5.73 Å². The Hall–Kier alpha value is -2.15. The van der Waals surface area contributed by atoms with E-state index in [2.05, 4.69) is 0 Å². The first-order valence-electron chi connectivity index (χ1n) is 4.20. The topological polar surface area (TPSA) is 99.4 Å². The van der Waals surface area contributed by atoms with Crippen LogP contribution >= 0.6 is 11.3 Å². The smallest absolute Gasteiger partial charge is 0.395 e. The average molecular weight is 238 g/mol. The van der Waals surface area contributed by atoms with Crippen LogP contribution in [0.4, 0.5) is 5.88 Å². The van der Waals surface area contributed by atoms with E-state index in [9.17, 15) is 14.9 Å². The largest absolute Gasteiger partial charge is 0.434 e. The molecular weight excluding hydrogens is 232 g/mol. The zero-order valence-electron chi connectivity index (χ0n) is 7.88. The van der Waals surface area contributed by atoms with E-state index in [1.54, 1.807) is 16.8 Å². The summed E-state index contributed by atoms with van der Waals surface area (Å²) in [6.45, 7) is 0. The summed E-state index contributed by atoms with van der Waals surface area (Å²) in [5.74, 6) is -1.51. The maximum absolute atomic E-state index is 11.1. The molecular formula is C9H6N2O4S. The normalized spacial score (nSPS) is 10.2. The molecule has 0 atom stereocenters. The molecule has 0 saturated heterocycles. The second kappa shape index (κ2) is 3.78. The van der Waals surface area contributed by atoms with Gasteiger partial charge < -0.3 is 10.2 Å². The van der Waals surface area contributed by atoms with Crippen molar-refractivity contribution in [1.29, 1.82) is 0 Å². The standard InChI is InChI=1S/C9H6N2O4S/c10-9(12)8-6(5-1-2-16-4-5)3-7(15-8)11(13)14/h1-4H,(H2,10,12). The number of furan rings is 1. The minimum atomic E-state index is -0.825. The fraction of sp³-hybridized carbons (Fsp3) is 0. The molecule has 82 valence electrons. The van der Waals surface area contributed by atoms with E-state index in [-0.39, 0.29) is 5.76 Å². The number of thiophene rings is 1. The summed E-state index contributed by atoms with van der Waals surface area (Å²) in [5, 5.41) is 14.1. The van der Waals surface area contributed by atoms with Crippen LogP contribution in [0.25, 0.3) is 11.1 Å². The Morgan fingerprint density at radius 1 is 1.56 bits per heavy atom. The lowest BCUT2D eigenvalue weighted by atomic mass is 10.1. The molecule has 0 aliphatic rings. The van der Waals surface area contributed by atoms with Gasteiger partial charge in [-0.2, -0.15) is 11.3 Å². The number of nitrogens with two attached hydrogens (primary N) is 1. The van der Waals surface area contributed by atoms with E-state index < -0.39 is 16.7 Å². The Bertz CT molecular complexity index is 544. The fourth-order valence-electron chi connectivity index (χ4n) is 1.28. The number of primary amides is 1. The van der Waals surface area contributed by atoms with E-state index in [0.717, 1.165) is 0 Å². The minimum Gasteiger partial charge on any atom is -0.395 e. The third-order valence-corrected chi connectivity index (χ3v) is 2.64. The van der Waals surface area contributed by atoms with Crippen molar-refractivity contribution in [1.82, 2.24) is 0 Å². The van der Waals surface area contributed by atoms with Gasteiger partial charge in [-0.15, -0.1) is 0 Å². The number of rotatable bonds is 3. The Labute approximate surface area is 93.4 Å². The van der Waals surface area contributed by atoms with Gasteiger partial charge in [0.2, 0.25) is 5.76 Å². The number of hydrogen-bond donors (Lipinski definition) is 1. The molecule has 2 aromatic heterocycles. The quantitative estimate of drug-likeness (QED) is 0.652. The highest BCUT2D eigenvalue weighted by molar-refractivity contribution is 7.08. The predicted octanol–water partition coefficient (Wildman–Crippen LogP) is 2.02. The second-order valence-corrected chi connectivity index (χ2v) is 3.74. The monoisotopic (exact) mass is 238 g/mol. The number of nitro groups is 1. The molecule has 0 radical (unpaired) electrons. The van der Waals surface area contributed by atoms with E-state index in [4.69, 9.17) is 10.2 Å². The molecule has 0 saturated carbocycles. The molecule has 2 rings (SSSR count). The summed E-state index contributed by atoms with van der Waals surface area (Å²) < 4.78 is 4.79. The summed E-state index contributed by atoms with van der Waals surface area (Å²) in [4.78, 5) is 20.9. The fourth-order valence-corrected chi connectivity index (χ4v) is 1.94. The molecule has 16 heavy (non-hydrogen) atoms. The summed E-state index contributed by atoms with van der Waals surface area (Å²) in [5.41, 5.74) is 6.11. The highest BCUT2D eigenvalue weighted by Gasteiger charge is 2.23. The van der Waals surface area contributed by atoms with Crippen LogP contribution in [0, 0.1) is 10.1 Å². The van der Waals surface area contributed by atoms with Crippen molar-refractivity contribution < 1.29 is 14.1 Å². The molecule has 1 amide bonds. The lowest BCUT2D eigenvalue weighted by Gasteiger charge is -1.93. The summed E-state index contributed by atoms with van der Waals surface area (Å²) in [7, 11) is 0. The Morgan fingerprint density at radius 2 is 2.31 bits per heavy atom. The molecule has 6 nitrogen and oxygen atoms in total. The van der Waals surface area contributed by atoms with E-state index in [1.807, 2.05) is 0 Å². The van der Waals surface area contributed by atoms with Crippen LogP contribution in [0.3, 0.4) is 0 Å². The van der Waals surface area contributed by atoms with Gasteiger partial charge in [-0.3, -0.25) is 14.9 Å². The number of carbonyl (C=O) groups excluding carboxylic acids is 1. The van der Waals surface area contributed by atoms with Gasteiger partial charge in [0.1, 0.15) is 4.92 Å². The molecule has 0 aliphatic heterocycles. The SMILES string of the molecule is NC(=O)c1oc([N+](=O)[O-])cc1-c1ccsc1. The van der Waals surface area contributed by atoms with Crippen molar-refractivity contribution in [2.45, 2.75) is 0 Å². The highest BCUT2D eigenvalue weighted by Crippen LogP contribution is 2.31. The third kappa shape index (κ3) is 1.68. The van der Waals surface area contributed by atoms with Crippen LogP contribution < -0.4 is 5.73 Å². The summed E-state index contributed by atoms with van der Waals surface area (Å²) >= 11 is 1.41. The first kappa shape index (κ1) is 10.4. The third-order valence-electron chi connectivity index (χ3n) is 1.95. The number of nitrogens with zero attached hydrogens (tertiary/aromatic N) is 1. The van der Waals surface area contributed by atoms with Crippen molar-refractivity contribution >= 4 is 23.1 Å². The van der Waals surface area contributed by atoms with Gasteiger partial charge in [0.15, 0.2) is 0 Å². The van der Waals surface area contributed by atoms with Crippen LogP contribution in [-0.2, 0) is 0 Å². The maximum atomic E-state index is 11.1. The molecule has 0 aromatic carbocycles. The summed E-state index contributed by atoms with van der Waals surface area (Å²) in [6.07, 6.45) is 0. The lowest BCUT2D eigenvalue weighted by Crippen LogP contribution is -2.10. The number of hydrogen-bond acceptors (Lipinski definition) is 5. The summed E-state index contributed by atoms with van der Waals surface area (Å²) in [6, 6.07) is 2.92. The van der Waals surface area contributed by atoms with Crippen LogP contribution in [0.15, 0.2) is 27.3 Å². The van der Waals surface area contributed by atoms with Gasteiger partial charge in [-0.05, 0) is 22.4 Å². The molecule has 0 fully saturated rings. The number of carbonyl (C=O) groups is 1. The molecule has 0 spiro atoms. The van der Waals surface area contributed by atoms with Gasteiger partial charge in [-0.25, -0.2) is 0 Å². The van der Waals surface area contributed by atoms with E-state index in [1.165, 1.54) is 17.4 Å². The van der Waals surface area contributed by atoms with Crippen LogP contribution in [-0.4, -0.2) is 10.8 Å². The van der Waals surface area contributed by atoms with Gasteiger partial charge >= 0.3 is 5.88 Å². The van der Waals surface area contributed by atoms with Crippen molar-refractivity contribution in [3.63, 3.8) is 0 Å². The lowest BCUT2D eigenvalue weighted by molar-refractivity contribution is -0.402. The van der Waals surface area contributed by atoms with Crippen LogP contribution in [0.1, 0.15) is 10.6 Å². The Morgan fingerprint density at radius 3 is 2.81 bits per heavy atom. The zero-order valence-corrected chi connectivity index (χ0v) is 8.69. The molecule has 0 bridgehead atoms. The highest BCUT2D eigenvalue weighted by atomic mass is 32.1. The zero-order chi connectivity index (χ0) is 11.7. The van der Waals surface area contributed by atoms with Crippen LogP contribution in [0.5, 0.6) is 0 Å². The van der Waals surface area contributed by atoms with E-state index in [0.29, 0.717) is 11.1 Å². The predicted molar refractivity (Wildman–Crippen MR) is 57.2 cm³/mol. The maximum Gasteiger partial charge on any atom is 0.434 e. The second-order valence-electron chi connectivity index (χ2n) is 2.96. The molecule has 0 aliphatic carbocycles. The first-order valence-corrected chi connectivity index (χ1v) is 5.14. The Kier molecular flexibility index (Phi) is 2.45. The average Bonchev–Trinajstić information content (AvgIpc) is 2.86. The van der Waals surface area contributed by atoms with Gasteiger partial charge in [0.25, 0.3) is 5.91 Å². The van der Waals surface area contributed by atoms with Crippen LogP contribution in [0.2, 0.25) is 0 Å². The molecule has 7 heteroatoms. The first-order chi connectivity index (χ1) is 7.59. The molecule has 2 N–H and O–H groups in total. The molecule has 2 aromatic rings. The number of amides is 1.